The van der Waals surface area contributed by atoms with E-state index < -0.39 is 0 Å². The predicted octanol–water partition coefficient (Wildman–Crippen LogP) is 2.79. The number of halogens is 1. The van der Waals surface area contributed by atoms with Crippen LogP contribution < -0.4 is 12.4 Å². The van der Waals surface area contributed by atoms with Crippen LogP contribution in [0.5, 0.6) is 0 Å². The summed E-state index contributed by atoms with van der Waals surface area (Å²) in [5.41, 5.74) is 5.83. The summed E-state index contributed by atoms with van der Waals surface area (Å²) in [4.78, 5) is 15.6. The van der Waals surface area contributed by atoms with E-state index in [0.29, 0.717) is 0 Å². The fourth-order valence-corrected chi connectivity index (χ4v) is 3.18. The molecule has 4 nitrogen and oxygen atoms in total. The lowest BCUT2D eigenvalue weighted by molar-refractivity contribution is -0.384. The summed E-state index contributed by atoms with van der Waals surface area (Å²) in [6.45, 7) is 2.05. The molecule has 0 unspecified atom stereocenters. The topological polar surface area (TPSA) is 56.0 Å². The van der Waals surface area contributed by atoms with Crippen molar-refractivity contribution in [2.75, 3.05) is 0 Å². The molecular formula is C22H16ClN2O2-. The van der Waals surface area contributed by atoms with E-state index in [9.17, 15) is 10.1 Å². The minimum atomic E-state index is -0.372. The van der Waals surface area contributed by atoms with Gasteiger partial charge >= 0.3 is 0 Å². The first-order valence-electron chi connectivity index (χ1n) is 8.34. The highest BCUT2D eigenvalue weighted by atomic mass is 35.5. The van der Waals surface area contributed by atoms with Crippen molar-refractivity contribution in [3.05, 3.63) is 94.5 Å². The molecule has 0 amide bonds. The lowest BCUT2D eigenvalue weighted by Crippen LogP contribution is -3.00. The van der Waals surface area contributed by atoms with E-state index >= 15 is 0 Å². The summed E-state index contributed by atoms with van der Waals surface area (Å²) in [5, 5.41) is 12.0. The normalized spacial score (nSPS) is 10.4. The van der Waals surface area contributed by atoms with Crippen LogP contribution in [0.25, 0.3) is 33.3 Å². The molecule has 27 heavy (non-hydrogen) atoms. The van der Waals surface area contributed by atoms with Crippen LogP contribution in [0.15, 0.2) is 78.9 Å². The molecule has 0 aliphatic heterocycles. The lowest BCUT2D eigenvalue weighted by atomic mass is 9.96. The van der Waals surface area contributed by atoms with Gasteiger partial charge in [0, 0.05) is 23.1 Å². The fourth-order valence-electron chi connectivity index (χ4n) is 3.18. The molecule has 4 rings (SSSR count). The number of rotatable bonds is 3. The number of aryl methyl sites for hydroxylation is 1. The molecule has 0 saturated carbocycles. The number of fused-ring (bicyclic) bond motifs is 1. The van der Waals surface area contributed by atoms with E-state index in [1.54, 1.807) is 12.1 Å². The second-order valence-electron chi connectivity index (χ2n) is 6.19. The van der Waals surface area contributed by atoms with Gasteiger partial charge in [-0.1, -0.05) is 54.6 Å². The summed E-state index contributed by atoms with van der Waals surface area (Å²) < 4.78 is 0. The van der Waals surface area contributed by atoms with Gasteiger partial charge in [0.05, 0.1) is 16.1 Å². The Morgan fingerprint density at radius 1 is 0.852 bits per heavy atom. The summed E-state index contributed by atoms with van der Waals surface area (Å²) in [6, 6.07) is 24.8. The zero-order valence-electron chi connectivity index (χ0n) is 14.6. The predicted molar refractivity (Wildman–Crippen MR) is 104 cm³/mol. The summed E-state index contributed by atoms with van der Waals surface area (Å²) in [7, 11) is 0. The van der Waals surface area contributed by atoms with Crippen molar-refractivity contribution in [1.82, 2.24) is 4.98 Å². The van der Waals surface area contributed by atoms with Crippen LogP contribution in [0.4, 0.5) is 5.69 Å². The third-order valence-corrected chi connectivity index (χ3v) is 4.51. The maximum Gasteiger partial charge on any atom is 0.270 e. The maximum absolute atomic E-state index is 11.2. The average Bonchev–Trinajstić information content (AvgIpc) is 2.67. The smallest absolute Gasteiger partial charge is 0.270 e. The summed E-state index contributed by atoms with van der Waals surface area (Å²) >= 11 is 0. The molecule has 1 aromatic heterocycles. The Kier molecular flexibility index (Phi) is 5.19. The van der Waals surface area contributed by atoms with Gasteiger partial charge in [-0.3, -0.25) is 10.1 Å². The minimum absolute atomic E-state index is 0. The molecule has 0 saturated heterocycles. The number of nitro benzene ring substituents is 1. The van der Waals surface area contributed by atoms with Crippen molar-refractivity contribution in [1.29, 1.82) is 0 Å². The van der Waals surface area contributed by atoms with Crippen molar-refractivity contribution < 1.29 is 17.3 Å². The van der Waals surface area contributed by atoms with Crippen molar-refractivity contribution >= 4 is 16.6 Å². The highest BCUT2D eigenvalue weighted by Crippen LogP contribution is 2.34. The van der Waals surface area contributed by atoms with Gasteiger partial charge in [-0.15, -0.1) is 0 Å². The van der Waals surface area contributed by atoms with Gasteiger partial charge in [0.25, 0.3) is 5.69 Å². The Bertz CT molecular complexity index is 1130. The van der Waals surface area contributed by atoms with Crippen LogP contribution in [0.1, 0.15) is 5.56 Å². The highest BCUT2D eigenvalue weighted by molar-refractivity contribution is 5.98. The second-order valence-corrected chi connectivity index (χ2v) is 6.19. The Balaban J connectivity index is 0.00000210. The van der Waals surface area contributed by atoms with E-state index in [4.69, 9.17) is 4.98 Å². The third-order valence-electron chi connectivity index (χ3n) is 4.51. The van der Waals surface area contributed by atoms with Crippen molar-refractivity contribution in [3.8, 4) is 22.4 Å². The van der Waals surface area contributed by atoms with Gasteiger partial charge < -0.3 is 12.4 Å². The molecule has 0 aliphatic carbocycles. The fraction of sp³-hybridized carbons (Fsp3) is 0.0455. The van der Waals surface area contributed by atoms with E-state index in [-0.39, 0.29) is 23.0 Å². The molecule has 4 aromatic rings. The molecule has 0 spiro atoms. The SMILES string of the molecule is Cc1ccccc1-c1cc(-c2ccccc2)c2cc([N+](=O)[O-])ccc2n1.[Cl-]. The largest absolute Gasteiger partial charge is 1.00 e. The van der Waals surface area contributed by atoms with Crippen LogP contribution in [0.2, 0.25) is 0 Å². The number of aromatic nitrogens is 1. The van der Waals surface area contributed by atoms with Crippen LogP contribution in [0, 0.1) is 17.0 Å². The zero-order valence-corrected chi connectivity index (χ0v) is 15.4. The Labute approximate surface area is 163 Å². The molecule has 0 N–H and O–H groups in total. The molecule has 1 heterocycles. The first-order chi connectivity index (χ1) is 12.6. The molecule has 134 valence electrons. The summed E-state index contributed by atoms with van der Waals surface area (Å²) in [5.74, 6) is 0. The van der Waals surface area contributed by atoms with Crippen LogP contribution >= 0.6 is 0 Å². The van der Waals surface area contributed by atoms with E-state index in [0.717, 1.165) is 38.9 Å². The first-order valence-corrected chi connectivity index (χ1v) is 8.34. The van der Waals surface area contributed by atoms with Crippen LogP contribution in [-0.4, -0.2) is 9.91 Å². The number of benzene rings is 3. The van der Waals surface area contributed by atoms with Gasteiger partial charge in [0.15, 0.2) is 0 Å². The molecule has 0 fully saturated rings. The van der Waals surface area contributed by atoms with E-state index in [1.165, 1.54) is 6.07 Å². The van der Waals surface area contributed by atoms with Crippen LogP contribution in [0.3, 0.4) is 0 Å². The van der Waals surface area contributed by atoms with Gasteiger partial charge in [-0.25, -0.2) is 4.98 Å². The highest BCUT2D eigenvalue weighted by Gasteiger charge is 2.14. The Hall–Kier alpha value is -3.24. The molecule has 0 aliphatic rings. The zero-order chi connectivity index (χ0) is 18.1. The molecule has 0 radical (unpaired) electrons. The van der Waals surface area contributed by atoms with Crippen molar-refractivity contribution in [2.24, 2.45) is 0 Å². The number of nitro groups is 1. The number of pyridine rings is 1. The Morgan fingerprint density at radius 2 is 1.56 bits per heavy atom. The maximum atomic E-state index is 11.2. The van der Waals surface area contributed by atoms with Gasteiger partial charge in [0.2, 0.25) is 0 Å². The van der Waals surface area contributed by atoms with Gasteiger partial charge in [0.1, 0.15) is 0 Å². The van der Waals surface area contributed by atoms with E-state index in [2.05, 4.69) is 13.0 Å². The monoisotopic (exact) mass is 375 g/mol. The summed E-state index contributed by atoms with van der Waals surface area (Å²) in [6.07, 6.45) is 0. The number of non-ortho nitro benzene ring substituents is 1. The first kappa shape index (κ1) is 18.5. The minimum Gasteiger partial charge on any atom is -1.00 e. The molecule has 3 aromatic carbocycles. The number of hydrogen-bond acceptors (Lipinski definition) is 3. The lowest BCUT2D eigenvalue weighted by Gasteiger charge is -2.12. The average molecular weight is 376 g/mol. The third kappa shape index (κ3) is 3.52. The number of nitrogens with zero attached hydrogens (tertiary/aromatic N) is 2. The quantitative estimate of drug-likeness (QED) is 0.408. The van der Waals surface area contributed by atoms with Gasteiger partial charge in [-0.2, -0.15) is 0 Å². The molecule has 5 heteroatoms. The van der Waals surface area contributed by atoms with E-state index in [1.807, 2.05) is 54.6 Å². The van der Waals surface area contributed by atoms with Gasteiger partial charge in [-0.05, 0) is 35.7 Å². The van der Waals surface area contributed by atoms with Crippen molar-refractivity contribution in [2.45, 2.75) is 6.92 Å². The Morgan fingerprint density at radius 3 is 2.26 bits per heavy atom. The molecule has 0 bridgehead atoms. The van der Waals surface area contributed by atoms with Crippen LogP contribution in [-0.2, 0) is 0 Å². The molecular weight excluding hydrogens is 360 g/mol. The van der Waals surface area contributed by atoms with Crippen molar-refractivity contribution in [3.63, 3.8) is 0 Å². The second kappa shape index (κ2) is 7.56. The molecule has 0 atom stereocenters. The standard InChI is InChI=1S/C22H16N2O2.ClH/c1-15-7-5-6-10-18(15)22-14-19(16-8-3-2-4-9-16)20-13-17(24(25)26)11-12-21(20)23-22;/h2-14H,1H3;1H/p-1. The number of hydrogen-bond donors (Lipinski definition) is 0.